The van der Waals surface area contributed by atoms with E-state index in [4.69, 9.17) is 16.6 Å². The zero-order valence-electron chi connectivity index (χ0n) is 12.3. The monoisotopic (exact) mass is 329 g/mol. The Morgan fingerprint density at radius 1 is 1.18 bits per heavy atom. The van der Waals surface area contributed by atoms with E-state index in [1.165, 1.54) is 17.3 Å². The molecule has 1 fully saturated rings. The summed E-state index contributed by atoms with van der Waals surface area (Å²) < 4.78 is 6.08. The number of nitrogens with zero attached hydrogens (tertiary/aromatic N) is 1. The zero-order chi connectivity index (χ0) is 15.7. The molecular formula is C17H15NO2S2. The normalized spacial score (nSPS) is 16.8. The maximum absolute atomic E-state index is 12.5. The molecule has 0 bridgehead atoms. The molecule has 1 aliphatic heterocycles. The molecule has 1 aromatic heterocycles. The van der Waals surface area contributed by atoms with Gasteiger partial charge in [0.15, 0.2) is 0 Å². The number of thiocarbonyl (C=S) groups is 1. The summed E-state index contributed by atoms with van der Waals surface area (Å²) >= 11 is 6.65. The summed E-state index contributed by atoms with van der Waals surface area (Å²) in [6.07, 6.45) is 1.75. The number of furan rings is 1. The third-order valence-corrected chi connectivity index (χ3v) is 4.75. The number of aryl methyl sites for hydroxylation is 2. The fourth-order valence-corrected chi connectivity index (χ4v) is 3.41. The van der Waals surface area contributed by atoms with Crippen LogP contribution in [0, 0.1) is 13.8 Å². The van der Waals surface area contributed by atoms with E-state index in [1.54, 1.807) is 11.0 Å². The van der Waals surface area contributed by atoms with Crippen LogP contribution in [0.25, 0.3) is 6.08 Å². The smallest absolute Gasteiger partial charge is 0.266 e. The molecule has 22 heavy (non-hydrogen) atoms. The van der Waals surface area contributed by atoms with Gasteiger partial charge in [0.1, 0.15) is 15.8 Å². The summed E-state index contributed by atoms with van der Waals surface area (Å²) in [5.41, 5.74) is 2.26. The Bertz CT molecular complexity index is 759. The maximum Gasteiger partial charge on any atom is 0.266 e. The number of hydrogen-bond acceptors (Lipinski definition) is 4. The number of carbonyl (C=O) groups excluding carboxylic acids is 1. The average molecular weight is 329 g/mol. The van der Waals surface area contributed by atoms with Gasteiger partial charge in [-0.15, -0.1) is 0 Å². The molecule has 0 radical (unpaired) electrons. The second-order valence-corrected chi connectivity index (χ2v) is 6.88. The first-order valence-electron chi connectivity index (χ1n) is 6.90. The van der Waals surface area contributed by atoms with Crippen LogP contribution in [0.3, 0.4) is 0 Å². The van der Waals surface area contributed by atoms with E-state index in [1.807, 2.05) is 50.2 Å². The standard InChI is InChI=1S/C17H15NO2S2/c1-11-3-6-13(7-4-11)10-18-16(19)15(22-17(18)21)9-14-8-5-12(2)20-14/h3-9H,10H2,1-2H3. The average Bonchev–Trinajstić information content (AvgIpc) is 3.00. The molecule has 2 heterocycles. The van der Waals surface area contributed by atoms with Crippen molar-refractivity contribution in [1.82, 2.24) is 4.90 Å². The largest absolute Gasteiger partial charge is 0.462 e. The van der Waals surface area contributed by atoms with E-state index in [9.17, 15) is 4.79 Å². The molecule has 3 rings (SSSR count). The molecule has 0 aliphatic carbocycles. The highest BCUT2D eigenvalue weighted by Crippen LogP contribution is 2.33. The van der Waals surface area contributed by atoms with Gasteiger partial charge in [-0.05, 0) is 31.5 Å². The summed E-state index contributed by atoms with van der Waals surface area (Å²) in [5.74, 6) is 1.43. The lowest BCUT2D eigenvalue weighted by Gasteiger charge is -2.14. The van der Waals surface area contributed by atoms with Crippen molar-refractivity contribution in [2.24, 2.45) is 0 Å². The second-order valence-electron chi connectivity index (χ2n) is 5.20. The summed E-state index contributed by atoms with van der Waals surface area (Å²) in [6, 6.07) is 11.8. The molecule has 112 valence electrons. The Kier molecular flexibility index (Phi) is 4.18. The lowest BCUT2D eigenvalue weighted by atomic mass is 10.1. The van der Waals surface area contributed by atoms with Gasteiger partial charge < -0.3 is 4.42 Å². The summed E-state index contributed by atoms with van der Waals surface area (Å²) in [7, 11) is 0. The predicted octanol–water partition coefficient (Wildman–Crippen LogP) is 4.30. The van der Waals surface area contributed by atoms with Gasteiger partial charge in [0, 0.05) is 6.08 Å². The molecule has 0 unspecified atom stereocenters. The van der Waals surface area contributed by atoms with Crippen molar-refractivity contribution in [2.75, 3.05) is 0 Å². The van der Waals surface area contributed by atoms with E-state index >= 15 is 0 Å². The summed E-state index contributed by atoms with van der Waals surface area (Å²) in [6.45, 7) is 4.41. The lowest BCUT2D eigenvalue weighted by molar-refractivity contribution is -0.122. The van der Waals surface area contributed by atoms with Gasteiger partial charge in [-0.3, -0.25) is 9.69 Å². The van der Waals surface area contributed by atoms with E-state index < -0.39 is 0 Å². The van der Waals surface area contributed by atoms with Gasteiger partial charge in [0.05, 0.1) is 11.4 Å². The lowest BCUT2D eigenvalue weighted by Crippen LogP contribution is -2.27. The minimum absolute atomic E-state index is 0.0652. The van der Waals surface area contributed by atoms with Gasteiger partial charge in [-0.25, -0.2) is 0 Å². The second kappa shape index (κ2) is 6.10. The molecule has 3 nitrogen and oxygen atoms in total. The van der Waals surface area contributed by atoms with Gasteiger partial charge in [-0.1, -0.05) is 53.8 Å². The highest BCUT2D eigenvalue weighted by Gasteiger charge is 2.32. The Morgan fingerprint density at radius 2 is 1.91 bits per heavy atom. The molecule has 2 aromatic rings. The quantitative estimate of drug-likeness (QED) is 0.621. The fourth-order valence-electron chi connectivity index (χ4n) is 2.17. The Labute approximate surface area is 139 Å². The van der Waals surface area contributed by atoms with Crippen molar-refractivity contribution in [3.8, 4) is 0 Å². The van der Waals surface area contributed by atoms with Crippen LogP contribution in [-0.2, 0) is 11.3 Å². The number of hydrogen-bond donors (Lipinski definition) is 0. The molecule has 1 aliphatic rings. The molecular weight excluding hydrogens is 314 g/mol. The van der Waals surface area contributed by atoms with Crippen molar-refractivity contribution in [2.45, 2.75) is 20.4 Å². The van der Waals surface area contributed by atoms with E-state index in [-0.39, 0.29) is 5.91 Å². The van der Waals surface area contributed by atoms with Gasteiger partial charge >= 0.3 is 0 Å². The SMILES string of the molecule is Cc1ccc(CN2C(=O)C(=Cc3ccc(C)o3)SC2=S)cc1. The number of amides is 1. The van der Waals surface area contributed by atoms with Crippen LogP contribution in [0.2, 0.25) is 0 Å². The molecule has 0 spiro atoms. The molecule has 0 N–H and O–H groups in total. The van der Waals surface area contributed by atoms with Crippen molar-refractivity contribution >= 4 is 40.3 Å². The third-order valence-electron chi connectivity index (χ3n) is 3.37. The summed E-state index contributed by atoms with van der Waals surface area (Å²) in [5, 5.41) is 0. The minimum Gasteiger partial charge on any atom is -0.462 e. The van der Waals surface area contributed by atoms with E-state index in [0.717, 1.165) is 11.3 Å². The molecule has 0 saturated carbocycles. The van der Waals surface area contributed by atoms with E-state index in [0.29, 0.717) is 21.5 Å². The van der Waals surface area contributed by atoms with Gasteiger partial charge in [0.25, 0.3) is 5.91 Å². The van der Waals surface area contributed by atoms with Gasteiger partial charge in [0.2, 0.25) is 0 Å². The van der Waals surface area contributed by atoms with Crippen LogP contribution < -0.4 is 0 Å². The maximum atomic E-state index is 12.5. The predicted molar refractivity (Wildman–Crippen MR) is 93.3 cm³/mol. The van der Waals surface area contributed by atoms with Crippen molar-refractivity contribution < 1.29 is 9.21 Å². The Morgan fingerprint density at radius 3 is 2.55 bits per heavy atom. The minimum atomic E-state index is -0.0652. The number of benzene rings is 1. The van der Waals surface area contributed by atoms with Crippen molar-refractivity contribution in [3.05, 3.63) is 64.0 Å². The van der Waals surface area contributed by atoms with Crippen LogP contribution >= 0.6 is 24.0 Å². The molecule has 5 heteroatoms. The fraction of sp³-hybridized carbons (Fsp3) is 0.176. The molecule has 1 amide bonds. The van der Waals surface area contributed by atoms with Crippen molar-refractivity contribution in [1.29, 1.82) is 0 Å². The van der Waals surface area contributed by atoms with Crippen LogP contribution in [0.4, 0.5) is 0 Å². The van der Waals surface area contributed by atoms with Crippen LogP contribution in [-0.4, -0.2) is 15.1 Å². The topological polar surface area (TPSA) is 33.5 Å². The van der Waals surface area contributed by atoms with Crippen LogP contribution in [0.15, 0.2) is 45.7 Å². The molecule has 1 aromatic carbocycles. The Hall–Kier alpha value is -1.85. The van der Waals surface area contributed by atoms with Crippen LogP contribution in [0.5, 0.6) is 0 Å². The highest BCUT2D eigenvalue weighted by atomic mass is 32.2. The van der Waals surface area contributed by atoms with Crippen molar-refractivity contribution in [3.63, 3.8) is 0 Å². The third kappa shape index (κ3) is 3.15. The first kappa shape index (κ1) is 15.1. The van der Waals surface area contributed by atoms with Gasteiger partial charge in [-0.2, -0.15) is 0 Å². The first-order valence-corrected chi connectivity index (χ1v) is 8.13. The first-order chi connectivity index (χ1) is 10.5. The molecule has 0 atom stereocenters. The summed E-state index contributed by atoms with van der Waals surface area (Å²) in [4.78, 5) is 14.7. The highest BCUT2D eigenvalue weighted by molar-refractivity contribution is 8.26. The van der Waals surface area contributed by atoms with E-state index in [2.05, 4.69) is 0 Å². The number of carbonyl (C=O) groups is 1. The van der Waals surface area contributed by atoms with Crippen LogP contribution in [0.1, 0.15) is 22.6 Å². The number of rotatable bonds is 3. The molecule has 1 saturated heterocycles. The zero-order valence-corrected chi connectivity index (χ0v) is 14.0. The number of thioether (sulfide) groups is 1. The Balaban J connectivity index is 1.79.